The number of fused-ring (bicyclic) bond motifs is 4. The number of pyridine rings is 3. The van der Waals surface area contributed by atoms with Crippen LogP contribution < -0.4 is 63.1 Å². The third-order valence-electron chi connectivity index (χ3n) is 16.4. The number of rotatable bonds is 22. The van der Waals surface area contributed by atoms with Crippen molar-refractivity contribution in [2.75, 3.05) is 44.2 Å². The van der Waals surface area contributed by atoms with Crippen molar-refractivity contribution >= 4 is 126 Å². The molecule has 608 valence electrons. The topological polar surface area (TPSA) is 454 Å². The lowest BCUT2D eigenvalue weighted by Crippen LogP contribution is -2.11. The van der Waals surface area contributed by atoms with Gasteiger partial charge in [0.2, 0.25) is 71.4 Å². The Balaban J connectivity index is 0.000000130. The second-order valence-electron chi connectivity index (χ2n) is 24.8. The van der Waals surface area contributed by atoms with E-state index in [4.69, 9.17) is 34.5 Å². The Bertz CT molecular complexity index is 6340. The minimum atomic E-state index is -2.91. The molecular formula is C72H57ClF11N31O4. The molecule has 47 heteroatoms. The molecule has 5 aromatic carbocycles. The predicted octanol–water partition coefficient (Wildman–Crippen LogP) is 13.9. The van der Waals surface area contributed by atoms with Crippen LogP contribution in [0.5, 0.6) is 23.0 Å². The number of alkyl halides is 8. The van der Waals surface area contributed by atoms with Crippen molar-refractivity contribution in [3.05, 3.63) is 198 Å². The van der Waals surface area contributed by atoms with Gasteiger partial charge >= 0.3 is 26.4 Å². The van der Waals surface area contributed by atoms with Crippen LogP contribution >= 0.6 is 11.6 Å². The maximum Gasteiger partial charge on any atom is 0.387 e. The number of aromatic nitrogens is 23. The number of imidazole rings is 4. The molecule has 0 atom stereocenters. The summed E-state index contributed by atoms with van der Waals surface area (Å²) in [6, 6.07) is 32.4. The zero-order valence-electron chi connectivity index (χ0n) is 61.2. The van der Waals surface area contributed by atoms with Gasteiger partial charge in [-0.2, -0.15) is 94.9 Å². The number of ether oxygens (including phenoxy) is 4. The van der Waals surface area contributed by atoms with E-state index in [0.717, 1.165) is 36.9 Å². The van der Waals surface area contributed by atoms with Crippen molar-refractivity contribution in [3.63, 3.8) is 0 Å². The molecule has 0 bridgehead atoms. The molecule has 0 spiro atoms. The maximum atomic E-state index is 13.9. The monoisotopic (exact) mass is 1660 g/mol. The molecule has 35 nitrogen and oxygen atoms in total. The summed E-state index contributed by atoms with van der Waals surface area (Å²) in [5, 5.41) is 12.3. The van der Waals surface area contributed by atoms with Crippen LogP contribution in [-0.4, -0.2) is 139 Å². The van der Waals surface area contributed by atoms with Crippen molar-refractivity contribution < 1.29 is 67.2 Å². The van der Waals surface area contributed by atoms with Crippen molar-refractivity contribution in [2.24, 2.45) is 0 Å². The molecule has 0 aliphatic heterocycles. The van der Waals surface area contributed by atoms with E-state index in [1.165, 1.54) is 108 Å². The smallest absolute Gasteiger partial charge is 0.387 e. The predicted molar refractivity (Wildman–Crippen MR) is 410 cm³/mol. The molecule has 17 rings (SSSR count). The van der Waals surface area contributed by atoms with Crippen molar-refractivity contribution in [3.8, 4) is 46.8 Å². The minimum absolute atomic E-state index is 0.00497. The standard InChI is InChI=1S/C19H15F3N8O.C18H14ClF2N7O.C18H15F3N8O.C17H13F3N8O/c20-10-7-13-14(24-8-10)26-15(9-1-2-9)30(13)19-28-17(23)27-18(29-19)25-11-3-5-12(6-4-11)31-16(21)22;1-9-23-13-8-10(19)2-7-14(13)28(9)18-26-16(22)25-17(27-18)24-11-3-5-12(6-4-11)29-15(20)21;1-2-13-25-14-12(7-9(19)8-23-14)29(13)18-27-16(22)26-17(28-18)24-10-3-5-11(6-4-10)30-15(20)21;1-8-23-13-12(6-9(18)7-22-13)28(8)17-26-15(21)25-16(27-17)24-10-2-4-11(5-3-10)29-14(19)20/h3-9,16H,1-2H2,(H3,23,25,27,28,29);2-8,15H,1H3,(H3,22,24,25,26,27);3-8,15H,2H2,1H3,(H3,22,24,26,27,28);2-7,14H,1H3,(H3,21,24,25,26,27). The molecule has 1 fully saturated rings. The average molecular weight is 1660 g/mol. The molecule has 119 heavy (non-hydrogen) atoms. The lowest BCUT2D eigenvalue weighted by atomic mass is 10.3. The van der Waals surface area contributed by atoms with E-state index in [1.54, 1.807) is 44.9 Å². The van der Waals surface area contributed by atoms with Crippen LogP contribution in [0.4, 0.5) is 119 Å². The van der Waals surface area contributed by atoms with Crippen LogP contribution in [0.3, 0.4) is 0 Å². The van der Waals surface area contributed by atoms with Gasteiger partial charge in [-0.05, 0) is 142 Å². The SMILES string of the molecule is CCc1nc2ncc(F)cc2n1-c1nc(N)nc(Nc2ccc(OC(F)F)cc2)n1.Cc1nc2cc(Cl)ccc2n1-c1nc(N)nc(Nc2ccc(OC(F)F)cc2)n1.Cc1nc2ncc(F)cc2n1-c1nc(N)nc(Nc2ccc(OC(F)F)cc2)n1.Nc1nc(Nc2ccc(OC(F)F)cc2)nc(-n2c(C3CC3)nc3ncc(F)cc32)n1. The normalized spacial score (nSPS) is 11.9. The number of nitrogens with zero attached hydrogens (tertiary/aromatic N) is 23. The summed E-state index contributed by atoms with van der Waals surface area (Å²) in [5.74, 6) is 2.07. The zero-order valence-corrected chi connectivity index (χ0v) is 62.0. The van der Waals surface area contributed by atoms with E-state index < -0.39 is 43.9 Å². The lowest BCUT2D eigenvalue weighted by molar-refractivity contribution is -0.0505. The summed E-state index contributed by atoms with van der Waals surface area (Å²) < 4.78 is 163. The van der Waals surface area contributed by atoms with Gasteiger partial charge in [0.15, 0.2) is 16.9 Å². The van der Waals surface area contributed by atoms with E-state index in [-0.39, 0.29) is 100 Å². The van der Waals surface area contributed by atoms with E-state index in [9.17, 15) is 48.3 Å². The van der Waals surface area contributed by atoms with Gasteiger partial charge in [-0.25, -0.2) is 48.1 Å². The van der Waals surface area contributed by atoms with Gasteiger partial charge in [-0.15, -0.1) is 0 Å². The van der Waals surface area contributed by atoms with Gasteiger partial charge in [0, 0.05) is 58.3 Å². The average Bonchev–Trinajstić information content (AvgIpc) is 1.60. The molecular weight excluding hydrogens is 1610 g/mol. The number of hydrogen-bond donors (Lipinski definition) is 8. The number of aryl methyl sites for hydroxylation is 3. The quantitative estimate of drug-likeness (QED) is 0.0292. The largest absolute Gasteiger partial charge is 0.435 e. The van der Waals surface area contributed by atoms with Gasteiger partial charge < -0.3 is 63.1 Å². The molecule has 11 heterocycles. The van der Waals surface area contributed by atoms with E-state index >= 15 is 0 Å². The molecule has 1 aliphatic rings. The number of benzene rings is 5. The minimum Gasteiger partial charge on any atom is -0.435 e. The number of anilines is 12. The van der Waals surface area contributed by atoms with Crippen molar-refractivity contribution in [1.82, 2.24) is 113 Å². The molecule has 12 N–H and O–H groups in total. The molecule has 0 unspecified atom stereocenters. The fourth-order valence-electron chi connectivity index (χ4n) is 11.5. The number of halogens is 12. The van der Waals surface area contributed by atoms with Crippen LogP contribution in [0.15, 0.2) is 152 Å². The highest BCUT2D eigenvalue weighted by molar-refractivity contribution is 6.31. The van der Waals surface area contributed by atoms with E-state index in [2.05, 4.69) is 135 Å². The summed E-state index contributed by atoms with van der Waals surface area (Å²) in [6.07, 6.45) is 5.66. The van der Waals surface area contributed by atoms with Crippen molar-refractivity contribution in [1.29, 1.82) is 0 Å². The Morgan fingerprint density at radius 3 is 1.06 bits per heavy atom. The Labute approximate surface area is 665 Å². The molecule has 0 radical (unpaired) electrons. The third-order valence-corrected chi connectivity index (χ3v) is 16.7. The van der Waals surface area contributed by atoms with Gasteiger partial charge in [-0.3, -0.25) is 18.3 Å². The van der Waals surface area contributed by atoms with Crippen LogP contribution in [0.1, 0.15) is 49.0 Å². The Hall–Kier alpha value is -15.4. The zero-order chi connectivity index (χ0) is 83.9. The van der Waals surface area contributed by atoms with Gasteiger partial charge in [0.1, 0.15) is 63.7 Å². The summed E-state index contributed by atoms with van der Waals surface area (Å²) in [6.45, 7) is -6.24. The Morgan fingerprint density at radius 2 is 0.697 bits per heavy atom. The second-order valence-corrected chi connectivity index (χ2v) is 25.2. The Morgan fingerprint density at radius 1 is 0.378 bits per heavy atom. The van der Waals surface area contributed by atoms with Crippen molar-refractivity contribution in [2.45, 2.75) is 72.4 Å². The van der Waals surface area contributed by atoms with Gasteiger partial charge in [0.05, 0.1) is 46.2 Å². The molecule has 1 aliphatic carbocycles. The number of nitrogens with one attached hydrogen (secondary N) is 4. The highest BCUT2D eigenvalue weighted by atomic mass is 35.5. The maximum absolute atomic E-state index is 13.9. The molecule has 0 amide bonds. The van der Waals surface area contributed by atoms with Gasteiger partial charge in [0.25, 0.3) is 0 Å². The number of nitrogen functional groups attached to an aromatic ring is 4. The number of hydrogen-bond acceptors (Lipinski definition) is 31. The van der Waals surface area contributed by atoms with Crippen LogP contribution in [0.25, 0.3) is 68.3 Å². The van der Waals surface area contributed by atoms with Gasteiger partial charge in [-0.1, -0.05) is 18.5 Å². The first kappa shape index (κ1) is 80.2. The summed E-state index contributed by atoms with van der Waals surface area (Å²) in [4.78, 5) is 79.8. The molecule has 11 aromatic heterocycles. The summed E-state index contributed by atoms with van der Waals surface area (Å²) >= 11 is 6.03. The summed E-state index contributed by atoms with van der Waals surface area (Å²) in [5.41, 5.74) is 29.1. The first-order valence-corrected chi connectivity index (χ1v) is 35.1. The molecule has 0 saturated heterocycles. The van der Waals surface area contributed by atoms with E-state index in [0.29, 0.717) is 96.5 Å². The second kappa shape index (κ2) is 34.7. The Kier molecular flexibility index (Phi) is 23.4. The molecule has 1 saturated carbocycles. The molecule has 16 aromatic rings. The first-order valence-electron chi connectivity index (χ1n) is 34.7. The van der Waals surface area contributed by atoms with Crippen LogP contribution in [0.2, 0.25) is 5.02 Å². The lowest BCUT2D eigenvalue weighted by Gasteiger charge is -2.11. The fraction of sp³-hybridized carbons (Fsp3) is 0.153. The third kappa shape index (κ3) is 19.7. The highest BCUT2D eigenvalue weighted by Crippen LogP contribution is 2.42. The van der Waals surface area contributed by atoms with Crippen LogP contribution in [0, 0.1) is 31.3 Å². The fourth-order valence-corrected chi connectivity index (χ4v) is 11.7. The highest BCUT2D eigenvalue weighted by Gasteiger charge is 2.32. The number of nitrogens with two attached hydrogens (primary N) is 4. The van der Waals surface area contributed by atoms with Crippen LogP contribution in [-0.2, 0) is 6.42 Å². The summed E-state index contributed by atoms with van der Waals surface area (Å²) in [7, 11) is 0. The first-order chi connectivity index (χ1) is 57.2. The van der Waals surface area contributed by atoms with E-state index in [1.807, 2.05) is 19.9 Å².